The topological polar surface area (TPSA) is 93.5 Å². The van der Waals surface area contributed by atoms with Crippen LogP contribution in [0.1, 0.15) is 84.5 Å². The average Bonchev–Trinajstić information content (AvgIpc) is 3.35. The molecule has 1 aromatic heterocycles. The van der Waals surface area contributed by atoms with Gasteiger partial charge in [-0.1, -0.05) is 13.8 Å². The zero-order chi connectivity index (χ0) is 21.7. The van der Waals surface area contributed by atoms with Gasteiger partial charge in [-0.15, -0.1) is 0 Å². The van der Waals surface area contributed by atoms with Crippen molar-refractivity contribution in [2.24, 2.45) is 39.6 Å². The Bertz CT molecular complexity index is 797. The van der Waals surface area contributed by atoms with Crippen molar-refractivity contribution in [3.05, 3.63) is 12.4 Å². The summed E-state index contributed by atoms with van der Waals surface area (Å²) in [7, 11) is 0. The largest absolute Gasteiger partial charge is 0.393 e. The summed E-state index contributed by atoms with van der Waals surface area (Å²) in [5.41, 5.74) is 2.74. The molecule has 31 heavy (non-hydrogen) atoms. The number of hydrogen-bond donors (Lipinski definition) is 4. The normalized spacial score (nSPS) is 47.0. The predicted molar refractivity (Wildman–Crippen MR) is 123 cm³/mol. The molecule has 0 saturated heterocycles. The van der Waals surface area contributed by atoms with Crippen LogP contribution in [0, 0.1) is 34.5 Å². The van der Waals surface area contributed by atoms with Crippen molar-refractivity contribution in [1.29, 1.82) is 0 Å². The van der Waals surface area contributed by atoms with E-state index in [1.54, 1.807) is 12.4 Å². The van der Waals surface area contributed by atoms with E-state index in [4.69, 9.17) is 0 Å². The van der Waals surface area contributed by atoms with Crippen molar-refractivity contribution >= 4 is 12.2 Å². The zero-order valence-corrected chi connectivity index (χ0v) is 19.2. The van der Waals surface area contributed by atoms with Gasteiger partial charge >= 0.3 is 0 Å². The van der Waals surface area contributed by atoms with Crippen molar-refractivity contribution in [3.63, 3.8) is 0 Å². The molecule has 0 amide bonds. The van der Waals surface area contributed by atoms with Crippen LogP contribution < -0.4 is 5.43 Å². The zero-order valence-electron chi connectivity index (χ0n) is 19.2. The van der Waals surface area contributed by atoms with Crippen LogP contribution >= 0.6 is 0 Å². The lowest BCUT2D eigenvalue weighted by atomic mass is 9.43. The van der Waals surface area contributed by atoms with Crippen molar-refractivity contribution in [3.8, 4) is 0 Å². The number of aliphatic hydroxyl groups excluding tert-OH is 1. The van der Waals surface area contributed by atoms with Crippen molar-refractivity contribution in [1.82, 2.24) is 9.97 Å². The molecule has 0 aliphatic heterocycles. The third-order valence-corrected chi connectivity index (χ3v) is 10.4. The fourth-order valence-corrected chi connectivity index (χ4v) is 8.55. The maximum atomic E-state index is 12.2. The second kappa shape index (κ2) is 7.87. The summed E-state index contributed by atoms with van der Waals surface area (Å²) in [6, 6.07) is 0. The first-order valence-corrected chi connectivity index (χ1v) is 12.5. The van der Waals surface area contributed by atoms with Gasteiger partial charge < -0.3 is 15.2 Å². The summed E-state index contributed by atoms with van der Waals surface area (Å²) in [6.45, 7) is 4.87. The van der Waals surface area contributed by atoms with Gasteiger partial charge in [-0.2, -0.15) is 5.10 Å². The Morgan fingerprint density at radius 3 is 2.84 bits per heavy atom. The number of fused-ring (bicyclic) bond motifs is 5. The summed E-state index contributed by atoms with van der Waals surface area (Å²) in [5.74, 6) is 2.92. The molecule has 6 nitrogen and oxygen atoms in total. The summed E-state index contributed by atoms with van der Waals surface area (Å²) in [4.78, 5) is 7.10. The van der Waals surface area contributed by atoms with Crippen LogP contribution in [0.3, 0.4) is 0 Å². The molecule has 172 valence electrons. The number of rotatable bonds is 5. The number of hydrogen-bond acceptors (Lipinski definition) is 5. The van der Waals surface area contributed by atoms with Gasteiger partial charge in [0.25, 0.3) is 0 Å². The van der Waals surface area contributed by atoms with Crippen LogP contribution in [0.25, 0.3) is 0 Å². The molecule has 0 radical (unpaired) electrons. The molecule has 1 aromatic rings. The minimum absolute atomic E-state index is 0.0217. The molecule has 0 spiro atoms. The van der Waals surface area contributed by atoms with E-state index in [1.165, 1.54) is 12.8 Å². The van der Waals surface area contributed by atoms with E-state index in [2.05, 4.69) is 34.3 Å². The minimum atomic E-state index is -0.520. The molecule has 5 rings (SSSR count). The summed E-state index contributed by atoms with van der Waals surface area (Å²) in [5, 5.41) is 26.7. The molecule has 0 bridgehead atoms. The van der Waals surface area contributed by atoms with Crippen molar-refractivity contribution < 1.29 is 10.2 Å². The predicted octanol–water partition coefficient (Wildman–Crippen LogP) is 4.72. The van der Waals surface area contributed by atoms with Gasteiger partial charge in [-0.3, -0.25) is 0 Å². The first-order valence-electron chi connectivity index (χ1n) is 12.5. The third kappa shape index (κ3) is 3.36. The van der Waals surface area contributed by atoms with Gasteiger partial charge in [0, 0.05) is 18.6 Å². The number of nitrogens with zero attached hydrogens (tertiary/aromatic N) is 2. The Morgan fingerprint density at radius 1 is 1.16 bits per heavy atom. The Kier molecular flexibility index (Phi) is 5.45. The van der Waals surface area contributed by atoms with Gasteiger partial charge in [0.15, 0.2) is 0 Å². The Hall–Kier alpha value is -1.40. The second-order valence-corrected chi connectivity index (χ2v) is 11.5. The van der Waals surface area contributed by atoms with Gasteiger partial charge in [-0.05, 0) is 105 Å². The lowest BCUT2D eigenvalue weighted by Gasteiger charge is -2.63. The van der Waals surface area contributed by atoms with E-state index in [0.29, 0.717) is 35.0 Å². The summed E-state index contributed by atoms with van der Waals surface area (Å²) in [6.07, 6.45) is 17.2. The van der Waals surface area contributed by atoms with Crippen LogP contribution in [0.5, 0.6) is 0 Å². The smallest absolute Gasteiger partial charge is 0.220 e. The molecule has 0 aromatic carbocycles. The number of nitrogens with one attached hydrogen (secondary N) is 2. The molecular formula is C25H40N4O2. The lowest BCUT2D eigenvalue weighted by Crippen LogP contribution is -2.62. The van der Waals surface area contributed by atoms with Crippen LogP contribution in [0.4, 0.5) is 5.95 Å². The lowest BCUT2D eigenvalue weighted by molar-refractivity contribution is -0.210. The first kappa shape index (κ1) is 21.4. The van der Waals surface area contributed by atoms with Gasteiger partial charge in [0.1, 0.15) is 0 Å². The third-order valence-electron chi connectivity index (χ3n) is 10.4. The average molecular weight is 429 g/mol. The van der Waals surface area contributed by atoms with E-state index in [9.17, 15) is 10.2 Å². The number of aromatic amines is 1. The first-order chi connectivity index (χ1) is 14.9. The highest BCUT2D eigenvalue weighted by molar-refractivity contribution is 5.58. The molecule has 4 aliphatic carbocycles. The Balaban J connectivity index is 1.26. The molecular weight excluding hydrogens is 388 g/mol. The van der Waals surface area contributed by atoms with Gasteiger partial charge in [-0.25, -0.2) is 10.4 Å². The molecule has 4 aliphatic rings. The number of aromatic nitrogens is 2. The van der Waals surface area contributed by atoms with Crippen molar-refractivity contribution in [2.45, 2.75) is 96.2 Å². The van der Waals surface area contributed by atoms with E-state index >= 15 is 0 Å². The molecule has 4 fully saturated rings. The molecule has 4 N–H and O–H groups in total. The Labute approximate surface area is 186 Å². The van der Waals surface area contributed by atoms with Crippen LogP contribution in [0.15, 0.2) is 17.5 Å². The number of H-pyrrole nitrogens is 1. The number of anilines is 1. The van der Waals surface area contributed by atoms with Crippen LogP contribution in [-0.2, 0) is 0 Å². The highest BCUT2D eigenvalue weighted by Crippen LogP contribution is 2.69. The Morgan fingerprint density at radius 2 is 2.03 bits per heavy atom. The summed E-state index contributed by atoms with van der Waals surface area (Å²) >= 11 is 0. The van der Waals surface area contributed by atoms with E-state index < -0.39 is 5.60 Å². The molecule has 1 heterocycles. The van der Waals surface area contributed by atoms with Crippen molar-refractivity contribution in [2.75, 3.05) is 5.43 Å². The summed E-state index contributed by atoms with van der Waals surface area (Å²) < 4.78 is 0. The van der Waals surface area contributed by atoms with Crippen LogP contribution in [-0.4, -0.2) is 38.1 Å². The van der Waals surface area contributed by atoms with Crippen LogP contribution in [0.2, 0.25) is 0 Å². The number of hydrazone groups is 1. The minimum Gasteiger partial charge on any atom is -0.393 e. The van der Waals surface area contributed by atoms with Gasteiger partial charge in [0.05, 0.1) is 11.7 Å². The highest BCUT2D eigenvalue weighted by atomic mass is 16.3. The monoisotopic (exact) mass is 428 g/mol. The quantitative estimate of drug-likeness (QED) is 0.403. The number of imidazole rings is 1. The maximum Gasteiger partial charge on any atom is 0.220 e. The van der Waals surface area contributed by atoms with E-state index in [0.717, 1.165) is 57.8 Å². The maximum absolute atomic E-state index is 12.2. The second-order valence-electron chi connectivity index (χ2n) is 11.5. The molecule has 6 heteroatoms. The SMILES string of the molecule is C[C@]12CCC(O)CC1CC[C@@H]1[C@H]2CC[C@]2(C)C(CC/C=N/Nc3ncc[nH]3)CC[C@@]12O. The molecule has 3 unspecified atom stereocenters. The molecule has 4 saturated carbocycles. The van der Waals surface area contributed by atoms with E-state index in [-0.39, 0.29) is 11.5 Å². The highest BCUT2D eigenvalue weighted by Gasteiger charge is 2.66. The number of aliphatic hydroxyl groups is 2. The van der Waals surface area contributed by atoms with Gasteiger partial charge in [0.2, 0.25) is 5.95 Å². The fraction of sp³-hybridized carbons (Fsp3) is 0.840. The molecule has 8 atom stereocenters. The fourth-order valence-electron chi connectivity index (χ4n) is 8.55. The standard InChI is InChI=1S/C25H40N4O2/c1-23-10-8-19(30)16-18(23)5-6-21-20(23)9-11-24(2)17(7-12-25(21,24)31)4-3-13-28-29-22-26-14-15-27-22/h13-15,17-21,30-31H,3-12,16H2,1-2H3,(H2,26,27,29)/b28-13+/t17?,18?,19?,20-,21-,23+,24-,25-/m1/s1. The van der Waals surface area contributed by atoms with E-state index in [1.807, 2.05) is 6.21 Å².